The van der Waals surface area contributed by atoms with Crippen molar-refractivity contribution in [3.63, 3.8) is 0 Å². The monoisotopic (exact) mass is 304 g/mol. The standard InChI is InChI=1S/C11H20N4O2S2/c1-9-4-7-18-10(9)8-14-11(12-2)13-5-6-15-19(3,16)17/h4,7,15H,5-6,8H2,1-3H3,(H2,12,13,14). The van der Waals surface area contributed by atoms with E-state index in [1.165, 1.54) is 10.4 Å². The van der Waals surface area contributed by atoms with Crippen LogP contribution in [0.1, 0.15) is 10.4 Å². The summed E-state index contributed by atoms with van der Waals surface area (Å²) in [6.07, 6.45) is 1.14. The Kier molecular flexibility index (Phi) is 6.26. The molecule has 0 amide bonds. The summed E-state index contributed by atoms with van der Waals surface area (Å²) in [5.41, 5.74) is 1.26. The lowest BCUT2D eigenvalue weighted by molar-refractivity contribution is 0.586. The molecule has 0 spiro atoms. The van der Waals surface area contributed by atoms with Gasteiger partial charge in [0.2, 0.25) is 10.0 Å². The Morgan fingerprint density at radius 3 is 2.63 bits per heavy atom. The SMILES string of the molecule is CN=C(NCCNS(C)(=O)=O)NCc1sccc1C. The van der Waals surface area contributed by atoms with E-state index in [9.17, 15) is 8.42 Å². The molecule has 0 aliphatic heterocycles. The van der Waals surface area contributed by atoms with Crippen molar-refractivity contribution in [2.75, 3.05) is 26.4 Å². The molecule has 0 radical (unpaired) electrons. The molecule has 6 nitrogen and oxygen atoms in total. The van der Waals surface area contributed by atoms with Gasteiger partial charge in [0.1, 0.15) is 0 Å². The third-order valence-electron chi connectivity index (χ3n) is 2.39. The number of guanidine groups is 1. The first-order valence-electron chi connectivity index (χ1n) is 5.84. The number of nitrogens with one attached hydrogen (secondary N) is 3. The van der Waals surface area contributed by atoms with Gasteiger partial charge in [-0.2, -0.15) is 0 Å². The minimum absolute atomic E-state index is 0.331. The molecule has 0 fully saturated rings. The Hall–Kier alpha value is -1.12. The van der Waals surface area contributed by atoms with E-state index in [0.717, 1.165) is 6.26 Å². The third-order valence-corrected chi connectivity index (χ3v) is 4.14. The smallest absolute Gasteiger partial charge is 0.208 e. The first-order chi connectivity index (χ1) is 8.92. The minimum Gasteiger partial charge on any atom is -0.355 e. The number of hydrogen-bond donors (Lipinski definition) is 3. The van der Waals surface area contributed by atoms with Gasteiger partial charge >= 0.3 is 0 Å². The summed E-state index contributed by atoms with van der Waals surface area (Å²) in [7, 11) is -1.45. The molecule has 0 bridgehead atoms. The van der Waals surface area contributed by atoms with Crippen molar-refractivity contribution in [2.45, 2.75) is 13.5 Å². The van der Waals surface area contributed by atoms with Crippen molar-refractivity contribution in [1.29, 1.82) is 0 Å². The molecule has 1 heterocycles. The van der Waals surface area contributed by atoms with Crippen LogP contribution in [0.5, 0.6) is 0 Å². The van der Waals surface area contributed by atoms with Crippen molar-refractivity contribution < 1.29 is 8.42 Å². The van der Waals surface area contributed by atoms with Crippen molar-refractivity contribution in [1.82, 2.24) is 15.4 Å². The van der Waals surface area contributed by atoms with Gasteiger partial charge in [0.15, 0.2) is 5.96 Å². The second-order valence-corrected chi connectivity index (χ2v) is 6.88. The fourth-order valence-corrected chi connectivity index (χ4v) is 2.71. The molecule has 0 unspecified atom stereocenters. The topological polar surface area (TPSA) is 82.6 Å². The van der Waals surface area contributed by atoms with E-state index in [1.54, 1.807) is 18.4 Å². The van der Waals surface area contributed by atoms with Gasteiger partial charge in [-0.15, -0.1) is 11.3 Å². The average Bonchev–Trinajstić information content (AvgIpc) is 2.73. The molecule has 0 atom stereocenters. The zero-order valence-corrected chi connectivity index (χ0v) is 13.0. The summed E-state index contributed by atoms with van der Waals surface area (Å²) in [6.45, 7) is 3.59. The second-order valence-electron chi connectivity index (χ2n) is 4.05. The highest BCUT2D eigenvalue weighted by Gasteiger charge is 2.03. The molecule has 1 aromatic rings. The summed E-state index contributed by atoms with van der Waals surface area (Å²) in [4.78, 5) is 5.33. The molecule has 19 heavy (non-hydrogen) atoms. The molecule has 1 aromatic heterocycles. The van der Waals surface area contributed by atoms with Crippen LogP contribution >= 0.6 is 11.3 Å². The lowest BCUT2D eigenvalue weighted by atomic mass is 10.3. The van der Waals surface area contributed by atoms with Gasteiger partial charge in [0.05, 0.1) is 12.8 Å². The summed E-state index contributed by atoms with van der Waals surface area (Å²) < 4.78 is 24.2. The van der Waals surface area contributed by atoms with Crippen LogP contribution in [-0.2, 0) is 16.6 Å². The van der Waals surface area contributed by atoms with Gasteiger partial charge in [-0.1, -0.05) is 0 Å². The van der Waals surface area contributed by atoms with E-state index >= 15 is 0 Å². The number of thiophene rings is 1. The van der Waals surface area contributed by atoms with Gasteiger partial charge in [-0.25, -0.2) is 13.1 Å². The van der Waals surface area contributed by atoms with Gasteiger partial charge in [0, 0.05) is 25.0 Å². The molecular weight excluding hydrogens is 284 g/mol. The van der Waals surface area contributed by atoms with Crippen LogP contribution in [-0.4, -0.2) is 40.8 Å². The maximum absolute atomic E-state index is 10.9. The normalized spacial score (nSPS) is 12.5. The number of rotatable bonds is 6. The number of hydrogen-bond acceptors (Lipinski definition) is 4. The molecule has 0 aliphatic carbocycles. The van der Waals surface area contributed by atoms with Crippen molar-refractivity contribution in [3.8, 4) is 0 Å². The van der Waals surface area contributed by atoms with E-state index in [1.807, 2.05) is 0 Å². The molecule has 0 aliphatic rings. The van der Waals surface area contributed by atoms with E-state index in [4.69, 9.17) is 0 Å². The van der Waals surface area contributed by atoms with Gasteiger partial charge in [-0.3, -0.25) is 4.99 Å². The van der Waals surface area contributed by atoms with E-state index < -0.39 is 10.0 Å². The molecule has 0 saturated carbocycles. The van der Waals surface area contributed by atoms with Crippen LogP contribution in [0, 0.1) is 6.92 Å². The van der Waals surface area contributed by atoms with Crippen LogP contribution in [0.4, 0.5) is 0 Å². The summed E-state index contributed by atoms with van der Waals surface area (Å²) in [5.74, 6) is 0.656. The van der Waals surface area contributed by atoms with E-state index in [0.29, 0.717) is 25.6 Å². The molecule has 3 N–H and O–H groups in total. The first kappa shape index (κ1) is 15.9. The zero-order chi connectivity index (χ0) is 14.3. The van der Waals surface area contributed by atoms with Crippen molar-refractivity contribution in [2.24, 2.45) is 4.99 Å². The summed E-state index contributed by atoms with van der Waals surface area (Å²) in [6, 6.07) is 2.08. The van der Waals surface area contributed by atoms with Crippen LogP contribution < -0.4 is 15.4 Å². The second kappa shape index (κ2) is 7.46. The minimum atomic E-state index is -3.13. The molecule has 0 aromatic carbocycles. The van der Waals surface area contributed by atoms with Crippen LogP contribution in [0.3, 0.4) is 0 Å². The van der Waals surface area contributed by atoms with Crippen LogP contribution in [0.25, 0.3) is 0 Å². The molecule has 108 valence electrons. The van der Waals surface area contributed by atoms with Crippen molar-refractivity contribution in [3.05, 3.63) is 21.9 Å². The Morgan fingerprint density at radius 2 is 2.11 bits per heavy atom. The number of aliphatic imine (C=N–C) groups is 1. The van der Waals surface area contributed by atoms with E-state index in [-0.39, 0.29) is 0 Å². The van der Waals surface area contributed by atoms with E-state index in [2.05, 4.69) is 38.7 Å². The van der Waals surface area contributed by atoms with Gasteiger partial charge in [-0.05, 0) is 23.9 Å². The first-order valence-corrected chi connectivity index (χ1v) is 8.61. The predicted molar refractivity (Wildman–Crippen MR) is 80.1 cm³/mol. The fraction of sp³-hybridized carbons (Fsp3) is 0.545. The maximum Gasteiger partial charge on any atom is 0.208 e. The molecule has 0 saturated heterocycles. The Labute approximate surface area is 118 Å². The number of nitrogens with zero attached hydrogens (tertiary/aromatic N) is 1. The van der Waals surface area contributed by atoms with Crippen LogP contribution in [0.15, 0.2) is 16.4 Å². The lowest BCUT2D eigenvalue weighted by Crippen LogP contribution is -2.41. The largest absolute Gasteiger partial charge is 0.355 e. The Morgan fingerprint density at radius 1 is 1.37 bits per heavy atom. The zero-order valence-electron chi connectivity index (χ0n) is 11.4. The summed E-state index contributed by atoms with van der Waals surface area (Å²) >= 11 is 1.70. The molecule has 1 rings (SSSR count). The fourth-order valence-electron chi connectivity index (χ4n) is 1.39. The number of sulfonamides is 1. The van der Waals surface area contributed by atoms with Crippen LogP contribution in [0.2, 0.25) is 0 Å². The van der Waals surface area contributed by atoms with Gasteiger partial charge in [0.25, 0.3) is 0 Å². The van der Waals surface area contributed by atoms with Crippen molar-refractivity contribution >= 4 is 27.3 Å². The maximum atomic E-state index is 10.9. The Bertz CT molecular complexity index is 523. The highest BCUT2D eigenvalue weighted by Crippen LogP contribution is 2.14. The average molecular weight is 304 g/mol. The Balaban J connectivity index is 2.29. The van der Waals surface area contributed by atoms with Gasteiger partial charge < -0.3 is 10.6 Å². The quantitative estimate of drug-likeness (QED) is 0.400. The predicted octanol–water partition coefficient (Wildman–Crippen LogP) is 0.271. The lowest BCUT2D eigenvalue weighted by Gasteiger charge is -2.11. The summed E-state index contributed by atoms with van der Waals surface area (Å²) in [5, 5.41) is 8.28. The number of aryl methyl sites for hydroxylation is 1. The molecule has 8 heteroatoms. The highest BCUT2D eigenvalue weighted by atomic mass is 32.2. The molecular formula is C11H20N4O2S2. The third kappa shape index (κ3) is 6.55. The highest BCUT2D eigenvalue weighted by molar-refractivity contribution is 7.88.